The fourth-order valence-corrected chi connectivity index (χ4v) is 2.23. The molecule has 2 aromatic rings. The Kier molecular flexibility index (Phi) is 7.37. The van der Waals surface area contributed by atoms with Crippen LogP contribution in [0.1, 0.15) is 23.7 Å². The number of anilines is 1. The molecule has 142 valence electrons. The van der Waals surface area contributed by atoms with Crippen molar-refractivity contribution < 1.29 is 23.9 Å². The van der Waals surface area contributed by atoms with E-state index in [2.05, 4.69) is 10.6 Å². The summed E-state index contributed by atoms with van der Waals surface area (Å²) in [6.07, 6.45) is -0.295. The Balaban J connectivity index is 1.67. The molecular formula is C20H22N2O5. The monoisotopic (exact) mass is 370 g/mol. The first-order chi connectivity index (χ1) is 13.0. The van der Waals surface area contributed by atoms with Gasteiger partial charge < -0.3 is 20.1 Å². The van der Waals surface area contributed by atoms with Crippen molar-refractivity contribution in [3.05, 3.63) is 54.1 Å². The van der Waals surface area contributed by atoms with Gasteiger partial charge in [0.1, 0.15) is 24.5 Å². The molecule has 0 spiro atoms. The highest BCUT2D eigenvalue weighted by Crippen LogP contribution is 2.16. The maximum atomic E-state index is 11.9. The fourth-order valence-electron chi connectivity index (χ4n) is 2.23. The van der Waals surface area contributed by atoms with Crippen LogP contribution in [0.5, 0.6) is 11.5 Å². The van der Waals surface area contributed by atoms with Crippen molar-refractivity contribution in [2.45, 2.75) is 13.3 Å². The summed E-state index contributed by atoms with van der Waals surface area (Å²) in [5.74, 6) is 0.517. The van der Waals surface area contributed by atoms with E-state index in [1.807, 2.05) is 0 Å². The van der Waals surface area contributed by atoms with Crippen molar-refractivity contribution in [1.82, 2.24) is 5.32 Å². The predicted octanol–water partition coefficient (Wildman–Crippen LogP) is 2.42. The molecule has 7 nitrogen and oxygen atoms in total. The second-order valence-corrected chi connectivity index (χ2v) is 5.73. The van der Waals surface area contributed by atoms with Crippen LogP contribution >= 0.6 is 0 Å². The van der Waals surface area contributed by atoms with E-state index < -0.39 is 11.8 Å². The number of ether oxygens (including phenoxy) is 2. The van der Waals surface area contributed by atoms with Gasteiger partial charge in [0.05, 0.1) is 13.7 Å². The van der Waals surface area contributed by atoms with E-state index in [1.54, 1.807) is 55.6 Å². The number of Topliss-reactive ketones (excluding diaryl/α,β-unsaturated/α-hetero) is 1. The maximum absolute atomic E-state index is 11.9. The third kappa shape index (κ3) is 6.81. The molecule has 0 aliphatic heterocycles. The first-order valence-corrected chi connectivity index (χ1v) is 8.42. The van der Waals surface area contributed by atoms with Gasteiger partial charge in [0.2, 0.25) is 11.8 Å². The summed E-state index contributed by atoms with van der Waals surface area (Å²) in [6.45, 7) is 2.04. The molecule has 0 heterocycles. The zero-order chi connectivity index (χ0) is 19.6. The molecular weight excluding hydrogens is 348 g/mol. The average Bonchev–Trinajstić information content (AvgIpc) is 2.66. The van der Waals surface area contributed by atoms with Crippen LogP contribution < -0.4 is 20.1 Å². The first kappa shape index (κ1) is 20.0. The number of nitrogens with one attached hydrogen (secondary N) is 2. The summed E-state index contributed by atoms with van der Waals surface area (Å²) in [6, 6.07) is 13.6. The number of rotatable bonds is 9. The van der Waals surface area contributed by atoms with Gasteiger partial charge in [0.25, 0.3) is 0 Å². The van der Waals surface area contributed by atoms with Crippen LogP contribution in [-0.2, 0) is 9.59 Å². The number of methoxy groups -OCH3 is 1. The van der Waals surface area contributed by atoms with E-state index in [-0.39, 0.29) is 25.4 Å². The van der Waals surface area contributed by atoms with Gasteiger partial charge in [0, 0.05) is 11.3 Å². The van der Waals surface area contributed by atoms with Gasteiger partial charge in [-0.25, -0.2) is 0 Å². The second kappa shape index (κ2) is 9.96. The lowest BCUT2D eigenvalue weighted by Gasteiger charge is -2.09. The Labute approximate surface area is 157 Å². The van der Waals surface area contributed by atoms with E-state index >= 15 is 0 Å². The van der Waals surface area contributed by atoms with E-state index in [4.69, 9.17) is 9.47 Å². The van der Waals surface area contributed by atoms with E-state index in [0.717, 1.165) is 5.75 Å². The highest BCUT2D eigenvalue weighted by molar-refractivity contribution is 6.03. The summed E-state index contributed by atoms with van der Waals surface area (Å²) in [5.41, 5.74) is 1.09. The summed E-state index contributed by atoms with van der Waals surface area (Å²) in [7, 11) is 1.59. The van der Waals surface area contributed by atoms with E-state index in [0.29, 0.717) is 17.0 Å². The molecule has 2 rings (SSSR count). The molecule has 0 atom stereocenters. The molecule has 0 saturated carbocycles. The molecule has 27 heavy (non-hydrogen) atoms. The average molecular weight is 370 g/mol. The summed E-state index contributed by atoms with van der Waals surface area (Å²) < 4.78 is 10.5. The second-order valence-electron chi connectivity index (χ2n) is 5.73. The Bertz CT molecular complexity index is 785. The van der Waals surface area contributed by atoms with Crippen molar-refractivity contribution in [2.75, 3.05) is 25.6 Å². The van der Waals surface area contributed by atoms with Crippen LogP contribution in [0.4, 0.5) is 5.69 Å². The standard InChI is InChI=1S/C20H22N2O5/c1-14(23)15-3-5-16(6-4-15)22-20(25)13-19(24)21-11-12-27-18-9-7-17(26-2)8-10-18/h3-10H,11-13H2,1-2H3,(H,21,24)(H,22,25). The maximum Gasteiger partial charge on any atom is 0.233 e. The Morgan fingerprint density at radius 1 is 0.889 bits per heavy atom. The smallest absolute Gasteiger partial charge is 0.233 e. The lowest BCUT2D eigenvalue weighted by molar-refractivity contribution is -0.126. The molecule has 0 aromatic heterocycles. The SMILES string of the molecule is COc1ccc(OCCNC(=O)CC(=O)Nc2ccc(C(C)=O)cc2)cc1. The molecule has 0 unspecified atom stereocenters. The quantitative estimate of drug-likeness (QED) is 0.402. The van der Waals surface area contributed by atoms with Gasteiger partial charge in [0.15, 0.2) is 5.78 Å². The normalized spacial score (nSPS) is 10.0. The molecule has 0 fully saturated rings. The highest BCUT2D eigenvalue weighted by atomic mass is 16.5. The molecule has 0 bridgehead atoms. The van der Waals surface area contributed by atoms with Crippen LogP contribution in [0.3, 0.4) is 0 Å². The number of hydrogen-bond acceptors (Lipinski definition) is 5. The van der Waals surface area contributed by atoms with Gasteiger partial charge in [-0.15, -0.1) is 0 Å². The van der Waals surface area contributed by atoms with E-state index in [9.17, 15) is 14.4 Å². The number of carbonyl (C=O) groups excluding carboxylic acids is 3. The number of ketones is 1. The molecule has 0 radical (unpaired) electrons. The van der Waals surface area contributed by atoms with Crippen molar-refractivity contribution in [3.8, 4) is 11.5 Å². The minimum Gasteiger partial charge on any atom is -0.497 e. The van der Waals surface area contributed by atoms with Crippen LogP contribution in [0.2, 0.25) is 0 Å². The Hall–Kier alpha value is -3.35. The number of benzene rings is 2. The molecule has 0 aliphatic carbocycles. The van der Waals surface area contributed by atoms with Gasteiger partial charge in [-0.3, -0.25) is 14.4 Å². The molecule has 0 aliphatic rings. The third-order valence-corrected chi connectivity index (χ3v) is 3.65. The third-order valence-electron chi connectivity index (χ3n) is 3.65. The Morgan fingerprint density at radius 3 is 2.11 bits per heavy atom. The number of carbonyl (C=O) groups is 3. The van der Waals surface area contributed by atoms with Crippen LogP contribution in [0.15, 0.2) is 48.5 Å². The van der Waals surface area contributed by atoms with Gasteiger partial charge >= 0.3 is 0 Å². The summed E-state index contributed by atoms with van der Waals surface area (Å²) in [5, 5.41) is 5.23. The van der Waals surface area contributed by atoms with Crippen LogP contribution in [-0.4, -0.2) is 37.9 Å². The topological polar surface area (TPSA) is 93.7 Å². The lowest BCUT2D eigenvalue weighted by Crippen LogP contribution is -2.31. The first-order valence-electron chi connectivity index (χ1n) is 8.42. The molecule has 2 amide bonds. The lowest BCUT2D eigenvalue weighted by atomic mass is 10.1. The molecule has 7 heteroatoms. The van der Waals surface area contributed by atoms with Crippen molar-refractivity contribution >= 4 is 23.3 Å². The van der Waals surface area contributed by atoms with E-state index in [1.165, 1.54) is 6.92 Å². The molecule has 2 N–H and O–H groups in total. The highest BCUT2D eigenvalue weighted by Gasteiger charge is 2.09. The van der Waals surface area contributed by atoms with Crippen molar-refractivity contribution in [3.63, 3.8) is 0 Å². The van der Waals surface area contributed by atoms with Gasteiger partial charge in [-0.05, 0) is 55.5 Å². The zero-order valence-electron chi connectivity index (χ0n) is 15.3. The largest absolute Gasteiger partial charge is 0.497 e. The zero-order valence-corrected chi connectivity index (χ0v) is 15.3. The molecule has 0 saturated heterocycles. The van der Waals surface area contributed by atoms with Crippen LogP contribution in [0.25, 0.3) is 0 Å². The molecule has 2 aromatic carbocycles. The minimum atomic E-state index is -0.431. The summed E-state index contributed by atoms with van der Waals surface area (Å²) >= 11 is 0. The van der Waals surface area contributed by atoms with Crippen LogP contribution in [0, 0.1) is 0 Å². The number of hydrogen-bond donors (Lipinski definition) is 2. The van der Waals surface area contributed by atoms with Crippen molar-refractivity contribution in [1.29, 1.82) is 0 Å². The van der Waals surface area contributed by atoms with Gasteiger partial charge in [-0.1, -0.05) is 0 Å². The fraction of sp³-hybridized carbons (Fsp3) is 0.250. The van der Waals surface area contributed by atoms with Crippen molar-refractivity contribution in [2.24, 2.45) is 0 Å². The van der Waals surface area contributed by atoms with Gasteiger partial charge in [-0.2, -0.15) is 0 Å². The predicted molar refractivity (Wildman–Crippen MR) is 101 cm³/mol. The Morgan fingerprint density at radius 2 is 1.52 bits per heavy atom. The summed E-state index contributed by atoms with van der Waals surface area (Å²) in [4.78, 5) is 34.9. The minimum absolute atomic E-state index is 0.0517. The number of amides is 2.